The van der Waals surface area contributed by atoms with Crippen molar-refractivity contribution in [3.8, 4) is 33.9 Å². The number of allylic oxidation sites excluding steroid dienone is 4. The third-order valence-electron chi connectivity index (χ3n) is 9.34. The Morgan fingerprint density at radius 2 is 1.25 bits per heavy atom. The van der Waals surface area contributed by atoms with E-state index in [9.17, 15) is 0 Å². The van der Waals surface area contributed by atoms with Crippen LogP contribution in [0.2, 0.25) is 0 Å². The highest BCUT2D eigenvalue weighted by molar-refractivity contribution is 7.25. The molecule has 6 aromatic carbocycles. The summed E-state index contributed by atoms with van der Waals surface area (Å²) in [6.45, 7) is 0. The molecule has 0 saturated carbocycles. The van der Waals surface area contributed by atoms with Crippen LogP contribution in [0.5, 0.6) is 0 Å². The average molecular weight is 634 g/mol. The molecule has 0 fully saturated rings. The first-order valence-corrected chi connectivity index (χ1v) is 17.1. The van der Waals surface area contributed by atoms with E-state index in [1.165, 1.54) is 25.6 Å². The molecule has 0 unspecified atom stereocenters. The molecule has 0 saturated heterocycles. The van der Waals surface area contributed by atoms with Crippen molar-refractivity contribution >= 4 is 69.8 Å². The van der Waals surface area contributed by atoms with Gasteiger partial charge in [-0.25, -0.2) is 15.0 Å². The van der Waals surface area contributed by atoms with Gasteiger partial charge in [0.2, 0.25) is 0 Å². The van der Waals surface area contributed by atoms with Crippen molar-refractivity contribution < 1.29 is 4.42 Å². The molecule has 0 amide bonds. The summed E-state index contributed by atoms with van der Waals surface area (Å²) in [5.74, 6) is 2.03. The van der Waals surface area contributed by atoms with Gasteiger partial charge >= 0.3 is 0 Å². The van der Waals surface area contributed by atoms with Crippen molar-refractivity contribution in [2.75, 3.05) is 0 Å². The number of thiophene rings is 1. The van der Waals surface area contributed by atoms with Gasteiger partial charge in [0.25, 0.3) is 0 Å². The molecule has 3 heterocycles. The molecule has 48 heavy (non-hydrogen) atoms. The maximum absolute atomic E-state index is 6.30. The number of furan rings is 1. The summed E-state index contributed by atoms with van der Waals surface area (Å²) >= 11 is 1.81. The van der Waals surface area contributed by atoms with Gasteiger partial charge in [-0.15, -0.1) is 11.3 Å². The fourth-order valence-electron chi connectivity index (χ4n) is 7.16. The predicted molar refractivity (Wildman–Crippen MR) is 200 cm³/mol. The van der Waals surface area contributed by atoms with Crippen LogP contribution in [0, 0.1) is 0 Å². The zero-order chi connectivity index (χ0) is 31.6. The molecule has 0 atom stereocenters. The van der Waals surface area contributed by atoms with E-state index in [0.717, 1.165) is 68.0 Å². The summed E-state index contributed by atoms with van der Waals surface area (Å²) in [6.07, 6.45) is 8.57. The molecule has 5 heteroatoms. The van der Waals surface area contributed by atoms with E-state index < -0.39 is 0 Å². The number of para-hydroxylation sites is 1. The van der Waals surface area contributed by atoms with E-state index in [4.69, 9.17) is 19.4 Å². The molecular formula is C43H27N3OS. The first-order valence-electron chi connectivity index (χ1n) is 16.3. The first kappa shape index (κ1) is 27.2. The van der Waals surface area contributed by atoms with Crippen LogP contribution < -0.4 is 0 Å². The Morgan fingerprint density at radius 1 is 0.521 bits per heavy atom. The molecule has 0 spiro atoms. The second-order valence-corrected chi connectivity index (χ2v) is 13.3. The first-order chi connectivity index (χ1) is 23.8. The molecule has 10 rings (SSSR count). The lowest BCUT2D eigenvalue weighted by Crippen LogP contribution is -2.03. The van der Waals surface area contributed by atoms with Crippen LogP contribution in [0.4, 0.5) is 0 Å². The van der Waals surface area contributed by atoms with Crippen LogP contribution in [0.3, 0.4) is 0 Å². The lowest BCUT2D eigenvalue weighted by molar-refractivity contribution is 0.669. The van der Waals surface area contributed by atoms with E-state index in [2.05, 4.69) is 127 Å². The van der Waals surface area contributed by atoms with E-state index in [0.29, 0.717) is 17.5 Å². The van der Waals surface area contributed by atoms with Gasteiger partial charge in [0.05, 0.1) is 0 Å². The number of hydrogen-bond donors (Lipinski definition) is 0. The molecular weight excluding hydrogens is 607 g/mol. The maximum atomic E-state index is 6.30. The SMILES string of the molecule is C1=CC(c2nc(-c3cc(-c4cccc5oc6ccccc6c45)c4ccccc4c3)nc(-c3cccc4sc5ccccc5c34)n2)=CCC1. The summed E-state index contributed by atoms with van der Waals surface area (Å²) in [5, 5.41) is 6.92. The van der Waals surface area contributed by atoms with E-state index in [-0.39, 0.29) is 0 Å². The van der Waals surface area contributed by atoms with E-state index in [1.807, 2.05) is 12.1 Å². The highest BCUT2D eigenvalue weighted by atomic mass is 32.1. The lowest BCUT2D eigenvalue weighted by atomic mass is 9.92. The molecule has 4 nitrogen and oxygen atoms in total. The minimum Gasteiger partial charge on any atom is -0.456 e. The number of hydrogen-bond acceptors (Lipinski definition) is 5. The van der Waals surface area contributed by atoms with Gasteiger partial charge in [0.1, 0.15) is 11.2 Å². The molecule has 3 aromatic heterocycles. The van der Waals surface area contributed by atoms with Gasteiger partial charge in [-0.3, -0.25) is 0 Å². The van der Waals surface area contributed by atoms with Crippen molar-refractivity contribution in [2.45, 2.75) is 12.8 Å². The van der Waals surface area contributed by atoms with Gasteiger partial charge in [0, 0.05) is 47.6 Å². The molecule has 1 aliphatic carbocycles. The maximum Gasteiger partial charge on any atom is 0.164 e. The molecule has 226 valence electrons. The second kappa shape index (κ2) is 10.8. The zero-order valence-corrected chi connectivity index (χ0v) is 26.7. The lowest BCUT2D eigenvalue weighted by Gasteiger charge is -2.14. The van der Waals surface area contributed by atoms with Gasteiger partial charge in [0.15, 0.2) is 17.5 Å². The Balaban J connectivity index is 1.25. The number of benzene rings is 6. The highest BCUT2D eigenvalue weighted by Crippen LogP contribution is 2.42. The Morgan fingerprint density at radius 3 is 2.17 bits per heavy atom. The smallest absolute Gasteiger partial charge is 0.164 e. The highest BCUT2D eigenvalue weighted by Gasteiger charge is 2.20. The van der Waals surface area contributed by atoms with Crippen LogP contribution in [-0.2, 0) is 0 Å². The molecule has 0 bridgehead atoms. The van der Waals surface area contributed by atoms with Crippen molar-refractivity contribution in [1.29, 1.82) is 0 Å². The molecule has 0 radical (unpaired) electrons. The number of fused-ring (bicyclic) bond motifs is 7. The summed E-state index contributed by atoms with van der Waals surface area (Å²) < 4.78 is 8.78. The van der Waals surface area contributed by atoms with Crippen molar-refractivity contribution in [2.24, 2.45) is 0 Å². The second-order valence-electron chi connectivity index (χ2n) is 12.2. The third kappa shape index (κ3) is 4.32. The fraction of sp³-hybridized carbons (Fsp3) is 0.0465. The van der Waals surface area contributed by atoms with E-state index in [1.54, 1.807) is 11.3 Å². The standard InChI is InChI=1S/C43H27N3OS/c1-2-12-26(13-3-1)41-44-42(46-43(45-41)33-19-11-23-38-40(33)32-17-7-9-22-37(32)48-38)28-24-27-14-4-5-15-29(27)34(25-28)30-18-10-21-36-39(30)31-16-6-8-20-35(31)47-36/h2,4-25H,1,3H2. The van der Waals surface area contributed by atoms with Crippen molar-refractivity contribution in [3.63, 3.8) is 0 Å². The molecule has 1 aliphatic rings. The minimum atomic E-state index is 0.655. The van der Waals surface area contributed by atoms with Crippen molar-refractivity contribution in [1.82, 2.24) is 15.0 Å². The largest absolute Gasteiger partial charge is 0.456 e. The summed E-state index contributed by atoms with van der Waals surface area (Å²) in [4.78, 5) is 15.6. The average Bonchev–Trinajstić information content (AvgIpc) is 3.73. The fourth-order valence-corrected chi connectivity index (χ4v) is 8.29. The van der Waals surface area contributed by atoms with Crippen LogP contribution >= 0.6 is 11.3 Å². The predicted octanol–water partition coefficient (Wildman–Crippen LogP) is 12.0. The van der Waals surface area contributed by atoms with Crippen LogP contribution in [0.1, 0.15) is 18.7 Å². The summed E-state index contributed by atoms with van der Waals surface area (Å²) in [5.41, 5.74) is 7.00. The Labute approximate surface area is 280 Å². The molecule has 0 N–H and O–H groups in total. The quantitative estimate of drug-likeness (QED) is 0.193. The third-order valence-corrected chi connectivity index (χ3v) is 10.5. The van der Waals surface area contributed by atoms with E-state index >= 15 is 0 Å². The number of nitrogens with zero attached hydrogens (tertiary/aromatic N) is 3. The Bertz CT molecular complexity index is 2800. The summed E-state index contributed by atoms with van der Waals surface area (Å²) in [6, 6.07) is 42.6. The minimum absolute atomic E-state index is 0.655. The van der Waals surface area contributed by atoms with Crippen LogP contribution in [-0.4, -0.2) is 15.0 Å². The Hall–Kier alpha value is -5.91. The summed E-state index contributed by atoms with van der Waals surface area (Å²) in [7, 11) is 0. The number of aromatic nitrogens is 3. The van der Waals surface area contributed by atoms with Crippen molar-refractivity contribution in [3.05, 3.63) is 145 Å². The number of rotatable bonds is 4. The topological polar surface area (TPSA) is 51.8 Å². The van der Waals surface area contributed by atoms with Gasteiger partial charge < -0.3 is 4.42 Å². The Kier molecular flexibility index (Phi) is 6.14. The van der Waals surface area contributed by atoms with Gasteiger partial charge in [-0.1, -0.05) is 103 Å². The van der Waals surface area contributed by atoms with Crippen LogP contribution in [0.15, 0.2) is 144 Å². The monoisotopic (exact) mass is 633 g/mol. The normalized spacial score (nSPS) is 13.3. The molecule has 0 aliphatic heterocycles. The van der Waals surface area contributed by atoms with Gasteiger partial charge in [-0.05, 0) is 71.1 Å². The molecule has 9 aromatic rings. The zero-order valence-electron chi connectivity index (χ0n) is 25.9. The van der Waals surface area contributed by atoms with Gasteiger partial charge in [-0.2, -0.15) is 0 Å². The van der Waals surface area contributed by atoms with Crippen LogP contribution in [0.25, 0.3) is 92.4 Å².